The van der Waals surface area contributed by atoms with Crippen LogP contribution in [0.4, 0.5) is 4.79 Å². The number of rotatable bonds is 7. The molecular weight excluding hydrogens is 458 g/mol. The third-order valence-electron chi connectivity index (χ3n) is 6.30. The second-order valence-electron chi connectivity index (χ2n) is 10.5. The lowest BCUT2D eigenvalue weighted by Gasteiger charge is -2.25. The van der Waals surface area contributed by atoms with Gasteiger partial charge < -0.3 is 25.8 Å². The van der Waals surface area contributed by atoms with E-state index < -0.39 is 29.7 Å². The van der Waals surface area contributed by atoms with Gasteiger partial charge in [-0.25, -0.2) is 4.79 Å². The van der Waals surface area contributed by atoms with Gasteiger partial charge in [0, 0.05) is 6.42 Å². The molecule has 2 aromatic carbocycles. The molecule has 0 fully saturated rings. The summed E-state index contributed by atoms with van der Waals surface area (Å²) in [5.41, 5.74) is 4.00. The maximum absolute atomic E-state index is 13.3. The molecule has 8 heteroatoms. The van der Waals surface area contributed by atoms with Crippen molar-refractivity contribution >= 4 is 17.9 Å². The van der Waals surface area contributed by atoms with Gasteiger partial charge in [-0.2, -0.15) is 0 Å². The molecule has 3 amide bonds. The molecule has 0 bridgehead atoms. The van der Waals surface area contributed by atoms with E-state index in [1.54, 1.807) is 39.8 Å². The van der Waals surface area contributed by atoms with Crippen LogP contribution in [0.2, 0.25) is 0 Å². The van der Waals surface area contributed by atoms with Gasteiger partial charge in [0.15, 0.2) is 0 Å². The van der Waals surface area contributed by atoms with Crippen molar-refractivity contribution in [2.75, 3.05) is 0 Å². The number of hydrogen-bond donors (Lipinski definition) is 4. The Balaban J connectivity index is 1.72. The summed E-state index contributed by atoms with van der Waals surface area (Å²) in [7, 11) is 0. The molecule has 0 radical (unpaired) electrons. The molecular formula is C28H37N3O5. The van der Waals surface area contributed by atoms with Crippen molar-refractivity contribution < 1.29 is 24.2 Å². The van der Waals surface area contributed by atoms with Crippen LogP contribution in [0.5, 0.6) is 5.75 Å². The molecule has 0 heterocycles. The Hall–Kier alpha value is -3.55. The molecule has 1 aliphatic rings. The average Bonchev–Trinajstić information content (AvgIpc) is 3.16. The number of aromatic hydroxyl groups is 1. The third kappa shape index (κ3) is 6.99. The van der Waals surface area contributed by atoms with E-state index in [4.69, 9.17) is 4.74 Å². The van der Waals surface area contributed by atoms with Gasteiger partial charge in [-0.05, 0) is 94.3 Å². The third-order valence-corrected chi connectivity index (χ3v) is 6.30. The first-order valence-electron chi connectivity index (χ1n) is 12.3. The molecule has 3 atom stereocenters. The minimum atomic E-state index is -0.982. The summed E-state index contributed by atoms with van der Waals surface area (Å²) in [6.07, 6.45) is 1.16. The Bertz CT molecular complexity index is 1120. The van der Waals surface area contributed by atoms with Crippen molar-refractivity contribution in [1.29, 1.82) is 0 Å². The van der Waals surface area contributed by atoms with E-state index in [1.807, 2.05) is 32.0 Å². The number of fused-ring (bicyclic) bond motifs is 1. The largest absolute Gasteiger partial charge is 0.508 e. The zero-order valence-electron chi connectivity index (χ0n) is 21.9. The molecule has 0 saturated heterocycles. The molecule has 0 saturated carbocycles. The SMILES string of the molecule is Cc1cc(O)cc(C)c1C[C@H](NC(=O)OC(C)(C)C)C(=O)N[C@H](C)C(=O)NC1CCc2ccccc21. The van der Waals surface area contributed by atoms with Crippen LogP contribution in [0.25, 0.3) is 0 Å². The lowest BCUT2D eigenvalue weighted by molar-refractivity contribution is -0.130. The summed E-state index contributed by atoms with van der Waals surface area (Å²) in [6.45, 7) is 10.5. The maximum atomic E-state index is 13.3. The van der Waals surface area contributed by atoms with Gasteiger partial charge in [0.05, 0.1) is 6.04 Å². The number of ether oxygens (including phenoxy) is 1. The van der Waals surface area contributed by atoms with Gasteiger partial charge in [0.25, 0.3) is 0 Å². The van der Waals surface area contributed by atoms with E-state index in [2.05, 4.69) is 22.0 Å². The van der Waals surface area contributed by atoms with Crippen molar-refractivity contribution in [1.82, 2.24) is 16.0 Å². The van der Waals surface area contributed by atoms with Gasteiger partial charge in [0.1, 0.15) is 23.4 Å². The molecule has 2 aromatic rings. The first-order chi connectivity index (χ1) is 16.8. The second-order valence-corrected chi connectivity index (χ2v) is 10.5. The number of carbonyl (C=O) groups excluding carboxylic acids is 3. The molecule has 1 aliphatic carbocycles. The number of phenols is 1. The first-order valence-corrected chi connectivity index (χ1v) is 12.3. The monoisotopic (exact) mass is 495 g/mol. The Morgan fingerprint density at radius 3 is 2.33 bits per heavy atom. The molecule has 4 N–H and O–H groups in total. The lowest BCUT2D eigenvalue weighted by Crippen LogP contribution is -2.54. The summed E-state index contributed by atoms with van der Waals surface area (Å²) < 4.78 is 5.36. The minimum Gasteiger partial charge on any atom is -0.508 e. The maximum Gasteiger partial charge on any atom is 0.408 e. The molecule has 8 nitrogen and oxygen atoms in total. The highest BCUT2D eigenvalue weighted by Gasteiger charge is 2.30. The average molecular weight is 496 g/mol. The Labute approximate surface area is 212 Å². The van der Waals surface area contributed by atoms with Gasteiger partial charge in [0.2, 0.25) is 11.8 Å². The van der Waals surface area contributed by atoms with Crippen molar-refractivity contribution in [3.8, 4) is 5.75 Å². The fourth-order valence-corrected chi connectivity index (χ4v) is 4.54. The summed E-state index contributed by atoms with van der Waals surface area (Å²) in [5.74, 6) is -0.658. The number of nitrogens with one attached hydrogen (secondary N) is 3. The van der Waals surface area contributed by atoms with Crippen LogP contribution in [0.3, 0.4) is 0 Å². The summed E-state index contributed by atoms with van der Waals surface area (Å²) >= 11 is 0. The predicted octanol–water partition coefficient (Wildman–Crippen LogP) is 3.75. The number of hydrogen-bond acceptors (Lipinski definition) is 5. The quantitative estimate of drug-likeness (QED) is 0.467. The number of amides is 3. The molecule has 0 aromatic heterocycles. The molecule has 0 spiro atoms. The standard InChI is InChI=1S/C28H37N3O5/c1-16-13-20(32)14-17(2)22(16)15-24(31-27(35)36-28(4,5)6)26(34)29-18(3)25(33)30-23-12-11-19-9-7-8-10-21(19)23/h7-10,13-14,18,23-24,32H,11-12,15H2,1-6H3,(H,29,34)(H,30,33)(H,31,35)/t18-,23?,24+/m1/s1. The molecule has 0 aliphatic heterocycles. The Morgan fingerprint density at radius 1 is 1.06 bits per heavy atom. The fourth-order valence-electron chi connectivity index (χ4n) is 4.54. The highest BCUT2D eigenvalue weighted by atomic mass is 16.6. The zero-order valence-corrected chi connectivity index (χ0v) is 21.9. The summed E-state index contributed by atoms with van der Waals surface area (Å²) in [6, 6.07) is 9.36. The van der Waals surface area contributed by atoms with Gasteiger partial charge in [-0.3, -0.25) is 9.59 Å². The molecule has 1 unspecified atom stereocenters. The van der Waals surface area contributed by atoms with E-state index in [0.29, 0.717) is 0 Å². The van der Waals surface area contributed by atoms with E-state index in [0.717, 1.165) is 35.1 Å². The zero-order chi connectivity index (χ0) is 26.6. The first kappa shape index (κ1) is 27.0. The Kier molecular flexibility index (Phi) is 8.28. The number of alkyl carbamates (subject to hydrolysis) is 1. The van der Waals surface area contributed by atoms with Crippen LogP contribution in [0, 0.1) is 13.8 Å². The molecule has 3 rings (SSSR count). The molecule has 36 heavy (non-hydrogen) atoms. The van der Waals surface area contributed by atoms with Gasteiger partial charge in [-0.15, -0.1) is 0 Å². The van der Waals surface area contributed by atoms with Crippen molar-refractivity contribution in [3.63, 3.8) is 0 Å². The number of benzene rings is 2. The van der Waals surface area contributed by atoms with Crippen LogP contribution in [-0.2, 0) is 27.2 Å². The highest BCUT2D eigenvalue weighted by Crippen LogP contribution is 2.30. The number of phenolic OH excluding ortho intramolecular Hbond substituents is 1. The topological polar surface area (TPSA) is 117 Å². The molecule has 194 valence electrons. The second kappa shape index (κ2) is 11.0. The van der Waals surface area contributed by atoms with Crippen LogP contribution in [0.1, 0.15) is 68.0 Å². The van der Waals surface area contributed by atoms with Crippen LogP contribution in [0.15, 0.2) is 36.4 Å². The highest BCUT2D eigenvalue weighted by molar-refractivity contribution is 5.91. The number of aryl methyl sites for hydroxylation is 3. The van der Waals surface area contributed by atoms with E-state index >= 15 is 0 Å². The minimum absolute atomic E-state index is 0.0916. The van der Waals surface area contributed by atoms with Crippen LogP contribution >= 0.6 is 0 Å². The van der Waals surface area contributed by atoms with Gasteiger partial charge >= 0.3 is 6.09 Å². The van der Waals surface area contributed by atoms with Crippen molar-refractivity contribution in [2.24, 2.45) is 0 Å². The fraction of sp³-hybridized carbons (Fsp3) is 0.464. The van der Waals surface area contributed by atoms with Crippen molar-refractivity contribution in [2.45, 2.75) is 84.5 Å². The summed E-state index contributed by atoms with van der Waals surface area (Å²) in [5, 5.41) is 18.3. The normalized spacial score (nSPS) is 16.4. The summed E-state index contributed by atoms with van der Waals surface area (Å²) in [4.78, 5) is 38.7. The van der Waals surface area contributed by atoms with E-state index in [1.165, 1.54) is 5.56 Å². The lowest BCUT2D eigenvalue weighted by atomic mass is 9.95. The van der Waals surface area contributed by atoms with Crippen LogP contribution in [-0.4, -0.2) is 40.7 Å². The Morgan fingerprint density at radius 2 is 1.69 bits per heavy atom. The van der Waals surface area contributed by atoms with Crippen LogP contribution < -0.4 is 16.0 Å². The van der Waals surface area contributed by atoms with Gasteiger partial charge in [-0.1, -0.05) is 24.3 Å². The van der Waals surface area contributed by atoms with E-state index in [9.17, 15) is 19.5 Å². The predicted molar refractivity (Wildman–Crippen MR) is 138 cm³/mol. The van der Waals surface area contributed by atoms with E-state index in [-0.39, 0.29) is 24.1 Å². The van der Waals surface area contributed by atoms with Crippen molar-refractivity contribution in [3.05, 3.63) is 64.2 Å². The smallest absolute Gasteiger partial charge is 0.408 e. The number of carbonyl (C=O) groups is 3.